The highest BCUT2D eigenvalue weighted by Gasteiger charge is 2.26. The van der Waals surface area contributed by atoms with E-state index < -0.39 is 5.82 Å². The number of halogens is 2. The number of rotatable bonds is 3. The number of hydrogen-bond acceptors (Lipinski definition) is 3. The summed E-state index contributed by atoms with van der Waals surface area (Å²) in [6.45, 7) is 2.64. The van der Waals surface area contributed by atoms with Crippen molar-refractivity contribution in [2.75, 3.05) is 33.7 Å². The summed E-state index contributed by atoms with van der Waals surface area (Å²) in [5, 5.41) is 0.0903. The van der Waals surface area contributed by atoms with Crippen LogP contribution in [0.5, 0.6) is 0 Å². The maximum Gasteiger partial charge on any atom is 0.155 e. The molecule has 0 spiro atoms. The number of likely N-dealkylation sites (N-methyl/N-ethyl adjacent to an activating group) is 2. The molecule has 1 unspecified atom stereocenters. The highest BCUT2D eigenvalue weighted by atomic mass is 35.5. The summed E-state index contributed by atoms with van der Waals surface area (Å²) < 4.78 is 13.4. The second kappa shape index (κ2) is 6.66. The summed E-state index contributed by atoms with van der Waals surface area (Å²) in [4.78, 5) is 16.7. The van der Waals surface area contributed by atoms with Gasteiger partial charge in [-0.25, -0.2) is 4.39 Å². The van der Waals surface area contributed by atoms with Crippen molar-refractivity contribution < 1.29 is 9.18 Å². The molecule has 1 aromatic rings. The Kier molecular flexibility index (Phi) is 5.13. The fourth-order valence-corrected chi connectivity index (χ4v) is 2.71. The van der Waals surface area contributed by atoms with Crippen molar-refractivity contribution in [1.82, 2.24) is 9.80 Å². The van der Waals surface area contributed by atoms with Crippen LogP contribution in [0, 0.1) is 5.82 Å². The van der Waals surface area contributed by atoms with Gasteiger partial charge in [0.1, 0.15) is 5.82 Å². The van der Waals surface area contributed by atoms with E-state index in [9.17, 15) is 9.18 Å². The lowest BCUT2D eigenvalue weighted by atomic mass is 10.0. The maximum absolute atomic E-state index is 13.4. The lowest BCUT2D eigenvalue weighted by molar-refractivity contribution is -0.123. The molecule has 2 rings (SSSR count). The first kappa shape index (κ1) is 15.4. The van der Waals surface area contributed by atoms with Crippen molar-refractivity contribution in [3.05, 3.63) is 34.6 Å². The summed E-state index contributed by atoms with van der Waals surface area (Å²) in [6, 6.07) is 4.44. The fraction of sp³-hybridized carbons (Fsp3) is 0.533. The van der Waals surface area contributed by atoms with Gasteiger partial charge in [-0.1, -0.05) is 17.7 Å². The van der Waals surface area contributed by atoms with Gasteiger partial charge in [-0.2, -0.15) is 0 Å². The Hall–Kier alpha value is -0.970. The van der Waals surface area contributed by atoms with Crippen LogP contribution in [0.15, 0.2) is 18.2 Å². The average molecular weight is 299 g/mol. The lowest BCUT2D eigenvalue weighted by Gasteiger charge is -2.26. The van der Waals surface area contributed by atoms with Gasteiger partial charge in [-0.05, 0) is 51.3 Å². The maximum atomic E-state index is 13.4. The first-order valence-corrected chi connectivity index (χ1v) is 7.20. The van der Waals surface area contributed by atoms with Crippen LogP contribution in [0.3, 0.4) is 0 Å². The molecule has 3 nitrogen and oxygen atoms in total. The quantitative estimate of drug-likeness (QED) is 0.855. The number of nitrogens with zero attached hydrogens (tertiary/aromatic N) is 2. The van der Waals surface area contributed by atoms with E-state index in [1.807, 2.05) is 14.1 Å². The van der Waals surface area contributed by atoms with Crippen molar-refractivity contribution in [2.24, 2.45) is 0 Å². The molecule has 1 fully saturated rings. The Morgan fingerprint density at radius 3 is 2.85 bits per heavy atom. The SMILES string of the molecule is CN1CCCN(C)C(C(=O)Cc2ccc(Cl)c(F)c2)C1. The number of Topliss-reactive ketones (excluding diaryl/α,β-unsaturated/α-hetero) is 1. The first-order valence-electron chi connectivity index (χ1n) is 6.83. The molecule has 0 radical (unpaired) electrons. The van der Waals surface area contributed by atoms with E-state index >= 15 is 0 Å². The van der Waals surface area contributed by atoms with Gasteiger partial charge >= 0.3 is 0 Å². The van der Waals surface area contributed by atoms with Gasteiger partial charge in [-0.15, -0.1) is 0 Å². The Morgan fingerprint density at radius 2 is 2.15 bits per heavy atom. The van der Waals surface area contributed by atoms with E-state index in [0.717, 1.165) is 26.1 Å². The summed E-state index contributed by atoms with van der Waals surface area (Å²) in [6.07, 6.45) is 1.31. The van der Waals surface area contributed by atoms with Gasteiger partial charge in [0.25, 0.3) is 0 Å². The van der Waals surface area contributed by atoms with E-state index in [1.165, 1.54) is 12.1 Å². The predicted molar refractivity (Wildman–Crippen MR) is 78.7 cm³/mol. The van der Waals surface area contributed by atoms with Gasteiger partial charge in [0.2, 0.25) is 0 Å². The monoisotopic (exact) mass is 298 g/mol. The molecular formula is C15H20ClFN2O. The zero-order valence-corrected chi connectivity index (χ0v) is 12.7. The lowest BCUT2D eigenvalue weighted by Crippen LogP contribution is -2.44. The zero-order chi connectivity index (χ0) is 14.7. The van der Waals surface area contributed by atoms with Crippen molar-refractivity contribution in [2.45, 2.75) is 18.9 Å². The van der Waals surface area contributed by atoms with Gasteiger partial charge in [0.15, 0.2) is 5.78 Å². The van der Waals surface area contributed by atoms with Crippen molar-refractivity contribution in [3.63, 3.8) is 0 Å². The van der Waals surface area contributed by atoms with Gasteiger partial charge in [0, 0.05) is 13.0 Å². The second-order valence-corrected chi connectivity index (χ2v) is 5.91. The summed E-state index contributed by atoms with van der Waals surface area (Å²) in [5.74, 6) is -0.341. The molecule has 0 aromatic heterocycles. The topological polar surface area (TPSA) is 23.6 Å². The number of carbonyl (C=O) groups is 1. The third-order valence-electron chi connectivity index (χ3n) is 3.80. The van der Waals surface area contributed by atoms with E-state index in [1.54, 1.807) is 6.07 Å². The van der Waals surface area contributed by atoms with Crippen molar-refractivity contribution in [1.29, 1.82) is 0 Å². The number of hydrogen-bond donors (Lipinski definition) is 0. The zero-order valence-electron chi connectivity index (χ0n) is 11.9. The van der Waals surface area contributed by atoms with Crippen molar-refractivity contribution >= 4 is 17.4 Å². The molecule has 0 bridgehead atoms. The molecule has 1 heterocycles. The van der Waals surface area contributed by atoms with E-state index in [4.69, 9.17) is 11.6 Å². The summed E-state index contributed by atoms with van der Waals surface area (Å²) in [7, 11) is 4.01. The third kappa shape index (κ3) is 3.78. The largest absolute Gasteiger partial charge is 0.304 e. The minimum absolute atomic E-state index is 0.0903. The molecule has 0 N–H and O–H groups in total. The molecule has 110 valence electrons. The molecular weight excluding hydrogens is 279 g/mol. The minimum atomic E-state index is -0.469. The molecule has 1 saturated heterocycles. The second-order valence-electron chi connectivity index (χ2n) is 5.50. The smallest absolute Gasteiger partial charge is 0.155 e. The molecule has 0 aliphatic carbocycles. The normalized spacial score (nSPS) is 21.7. The molecule has 1 aromatic carbocycles. The number of benzene rings is 1. The average Bonchev–Trinajstić information content (AvgIpc) is 2.56. The van der Waals surface area contributed by atoms with Gasteiger partial charge in [0.05, 0.1) is 11.1 Å². The highest BCUT2D eigenvalue weighted by molar-refractivity contribution is 6.30. The third-order valence-corrected chi connectivity index (χ3v) is 4.11. The fourth-order valence-electron chi connectivity index (χ4n) is 2.59. The van der Waals surface area contributed by atoms with Crippen LogP contribution < -0.4 is 0 Å². The molecule has 0 amide bonds. The number of ketones is 1. The molecule has 0 saturated carbocycles. The molecule has 20 heavy (non-hydrogen) atoms. The van der Waals surface area contributed by atoms with E-state index in [-0.39, 0.29) is 23.3 Å². The van der Waals surface area contributed by atoms with Crippen LogP contribution in [-0.2, 0) is 11.2 Å². The van der Waals surface area contributed by atoms with Gasteiger partial charge in [-0.3, -0.25) is 9.69 Å². The van der Waals surface area contributed by atoms with Crippen LogP contribution in [0.2, 0.25) is 5.02 Å². The number of carbonyl (C=O) groups excluding carboxylic acids is 1. The van der Waals surface area contributed by atoms with Crippen molar-refractivity contribution in [3.8, 4) is 0 Å². The summed E-state index contributed by atoms with van der Waals surface area (Å²) in [5.41, 5.74) is 0.678. The van der Waals surface area contributed by atoms with E-state index in [0.29, 0.717) is 5.56 Å². The minimum Gasteiger partial charge on any atom is -0.304 e. The molecule has 1 aliphatic heterocycles. The Balaban J connectivity index is 2.07. The van der Waals surface area contributed by atoms with Crippen LogP contribution in [0.4, 0.5) is 4.39 Å². The first-order chi connectivity index (χ1) is 9.47. The van der Waals surface area contributed by atoms with Crippen LogP contribution in [0.25, 0.3) is 0 Å². The van der Waals surface area contributed by atoms with Crippen LogP contribution in [0.1, 0.15) is 12.0 Å². The molecule has 5 heteroatoms. The van der Waals surface area contributed by atoms with Crippen LogP contribution >= 0.6 is 11.6 Å². The molecule has 1 atom stereocenters. The Labute approximate surface area is 124 Å². The summed E-state index contributed by atoms with van der Waals surface area (Å²) >= 11 is 5.65. The Bertz CT molecular complexity index is 495. The van der Waals surface area contributed by atoms with E-state index in [2.05, 4.69) is 9.80 Å². The predicted octanol–water partition coefficient (Wildman–Crippen LogP) is 2.23. The highest BCUT2D eigenvalue weighted by Crippen LogP contribution is 2.17. The van der Waals surface area contributed by atoms with Gasteiger partial charge < -0.3 is 4.90 Å². The van der Waals surface area contributed by atoms with Crippen LogP contribution in [-0.4, -0.2) is 55.4 Å². The molecule has 1 aliphatic rings. The Morgan fingerprint density at radius 1 is 1.40 bits per heavy atom. The standard InChI is InChI=1S/C15H20ClFN2O/c1-18-6-3-7-19(2)14(10-18)15(20)9-11-4-5-12(16)13(17)8-11/h4-5,8,14H,3,6-7,9-10H2,1-2H3.